The fourth-order valence-corrected chi connectivity index (χ4v) is 16.8. The van der Waals surface area contributed by atoms with E-state index in [1.807, 2.05) is 58.0 Å². The summed E-state index contributed by atoms with van der Waals surface area (Å²) in [5.74, 6) is 3.63. The molecule has 0 saturated heterocycles. The number of nitrogens with two attached hydrogens (primary N) is 1. The van der Waals surface area contributed by atoms with E-state index in [1.54, 1.807) is 54.6 Å². The Labute approximate surface area is 551 Å². The van der Waals surface area contributed by atoms with Crippen LogP contribution in [0.2, 0.25) is 0 Å². The van der Waals surface area contributed by atoms with E-state index >= 15 is 0 Å². The van der Waals surface area contributed by atoms with E-state index in [4.69, 9.17) is 44.4 Å². The molecule has 8 aromatic rings. The first-order valence-electron chi connectivity index (χ1n) is 32.2. The van der Waals surface area contributed by atoms with Gasteiger partial charge in [0.15, 0.2) is 0 Å². The third-order valence-corrected chi connectivity index (χ3v) is 21.5. The molecular weight excluding hydrogens is 1300 g/mol. The Bertz CT molecular complexity index is 4240. The lowest BCUT2D eigenvalue weighted by atomic mass is 9.83. The van der Waals surface area contributed by atoms with Crippen LogP contribution in [0, 0.1) is 23.7 Å². The maximum atomic E-state index is 13.8. The molecule has 25 heteroatoms. The number of halogens is 7. The largest absolute Gasteiger partial charge is 0.573 e. The molecule has 0 amide bonds. The Kier molecular flexibility index (Phi) is 20.0. The number of para-hydroxylation sites is 2. The number of hydrogen-bond donors (Lipinski definition) is 2. The fraction of sp³-hybridized carbons (Fsp3) is 0.457. The van der Waals surface area contributed by atoms with Gasteiger partial charge in [-0.15, -0.1) is 26.3 Å². The predicted molar refractivity (Wildman–Crippen MR) is 344 cm³/mol. The Morgan fingerprint density at radius 1 is 0.516 bits per heavy atom. The van der Waals surface area contributed by atoms with Crippen LogP contribution in [-0.2, 0) is 41.8 Å². The van der Waals surface area contributed by atoms with Crippen molar-refractivity contribution in [2.45, 2.75) is 189 Å². The number of benzene rings is 6. The van der Waals surface area contributed by atoms with Crippen LogP contribution in [0.3, 0.4) is 0 Å². The summed E-state index contributed by atoms with van der Waals surface area (Å²) in [6.45, 7) is 8.09. The molecule has 95 heavy (non-hydrogen) atoms. The van der Waals surface area contributed by atoms with Gasteiger partial charge in [-0.2, -0.15) is 0 Å². The molecule has 0 aliphatic heterocycles. The summed E-state index contributed by atoms with van der Waals surface area (Å²) in [4.78, 5) is 0.334. The highest BCUT2D eigenvalue weighted by atomic mass is 35.7. The van der Waals surface area contributed by atoms with Crippen molar-refractivity contribution in [3.8, 4) is 45.5 Å². The van der Waals surface area contributed by atoms with Crippen LogP contribution in [0.1, 0.15) is 139 Å². The first-order valence-corrected chi connectivity index (χ1v) is 36.0. The van der Waals surface area contributed by atoms with Crippen LogP contribution in [0.25, 0.3) is 44.1 Å². The number of hydrogen-bond acceptors (Lipinski definition) is 15. The molecule has 6 fully saturated rings. The van der Waals surface area contributed by atoms with Crippen molar-refractivity contribution in [3.05, 3.63) is 144 Å². The van der Waals surface area contributed by atoms with Gasteiger partial charge in [-0.3, -0.25) is 0 Å². The van der Waals surface area contributed by atoms with Crippen molar-refractivity contribution in [1.82, 2.24) is 15.0 Å². The summed E-state index contributed by atoms with van der Waals surface area (Å²) in [6.07, 6.45) is 1.39. The van der Waals surface area contributed by atoms with Gasteiger partial charge in [-0.1, -0.05) is 83.1 Å². The summed E-state index contributed by atoms with van der Waals surface area (Å²) in [7, 11) is -2.17. The lowest BCUT2D eigenvalue weighted by Gasteiger charge is -2.35. The smallest absolute Gasteiger partial charge is 0.490 e. The highest BCUT2D eigenvalue weighted by Crippen LogP contribution is 2.50. The maximum absolute atomic E-state index is 13.8. The number of nitrogens with one attached hydrogen (secondary N) is 1. The van der Waals surface area contributed by atoms with Gasteiger partial charge >= 0.3 is 12.7 Å². The average Bonchev–Trinajstić information content (AvgIpc) is 1.77. The van der Waals surface area contributed by atoms with Crippen LogP contribution in [0.15, 0.2) is 140 Å². The van der Waals surface area contributed by atoms with E-state index in [0.29, 0.717) is 64.0 Å². The summed E-state index contributed by atoms with van der Waals surface area (Å²) >= 11 is 0. The zero-order valence-corrected chi connectivity index (χ0v) is 55.1. The monoisotopic (exact) mass is 1380 g/mol. The van der Waals surface area contributed by atoms with Crippen molar-refractivity contribution in [2.24, 2.45) is 29.4 Å². The van der Waals surface area contributed by atoms with Crippen LogP contribution >= 0.6 is 10.7 Å². The van der Waals surface area contributed by atoms with Gasteiger partial charge < -0.3 is 43.2 Å². The molecule has 6 aliphatic rings. The second kappa shape index (κ2) is 27.9. The second-order valence-corrected chi connectivity index (χ2v) is 30.3. The summed E-state index contributed by atoms with van der Waals surface area (Å²) in [6, 6.07) is 32.9. The highest BCUT2D eigenvalue weighted by molar-refractivity contribution is 8.14. The van der Waals surface area contributed by atoms with E-state index in [1.165, 1.54) is 36.4 Å². The minimum Gasteiger partial charge on any atom is -0.490 e. The Morgan fingerprint density at radius 2 is 0.895 bits per heavy atom. The molecule has 4 unspecified atom stereocenters. The van der Waals surface area contributed by atoms with Crippen molar-refractivity contribution in [1.29, 1.82) is 0 Å². The molecule has 0 spiro atoms. The molecule has 16 nitrogen and oxygen atoms in total. The average molecular weight is 1380 g/mol. The standard InChI is InChI=1S/C35H37F3N2O6S.C22H25F3N2O3.C13H13ClO3S/c1-20(2)44-29-15-16-31(26-8-4-3-7-25(26)29)47(41,42)40-32-22-13-14-23(32)18-24(17-22)43-19-28-33(39-46-34(28)21-11-12-21)27-9-5-6-10-30(27)45-35(36,37)38;23-22(24,25)29-18-4-2-1-3-16(18)20-17(21(30-27-20)12-5-6-12)11-28-15-9-13-7-8-14(10-15)19(13)26;1-9(2)17-12-7-8-13(18(14,15)16)11-6-4-3-5-10(11)12/h3-10,15-16,20-24,32,40H,11-14,17-19H2,1-2H3;1-4,12-15,19H,5-11,26H2;3-9H,1-2H3. The Hall–Kier alpha value is -6.93. The van der Waals surface area contributed by atoms with Gasteiger partial charge in [0, 0.05) is 78.4 Å². The van der Waals surface area contributed by atoms with Crippen LogP contribution in [-0.4, -0.2) is 76.4 Å². The zero-order valence-electron chi connectivity index (χ0n) is 52.7. The van der Waals surface area contributed by atoms with Crippen LogP contribution < -0.4 is 29.4 Å². The third kappa shape index (κ3) is 16.1. The number of nitrogens with zero attached hydrogens (tertiary/aromatic N) is 2. The molecule has 508 valence electrons. The van der Waals surface area contributed by atoms with E-state index in [-0.39, 0.29) is 111 Å². The fourth-order valence-electron chi connectivity index (χ4n) is 14.2. The normalized spacial score (nSPS) is 22.7. The quantitative estimate of drug-likeness (QED) is 0.0536. The molecule has 4 bridgehead atoms. The van der Waals surface area contributed by atoms with Crippen LogP contribution in [0.4, 0.5) is 26.3 Å². The van der Waals surface area contributed by atoms with Crippen molar-refractivity contribution in [2.75, 3.05) is 0 Å². The number of aromatic nitrogens is 2. The van der Waals surface area contributed by atoms with Gasteiger partial charge in [-0.05, 0) is 177 Å². The molecule has 3 N–H and O–H groups in total. The minimum absolute atomic E-state index is 0.0202. The second-order valence-electron chi connectivity index (χ2n) is 26.1. The molecule has 6 aliphatic carbocycles. The Balaban J connectivity index is 0.000000153. The van der Waals surface area contributed by atoms with Gasteiger partial charge in [-0.25, -0.2) is 21.6 Å². The predicted octanol–water partition coefficient (Wildman–Crippen LogP) is 16.8. The summed E-state index contributed by atoms with van der Waals surface area (Å²) < 4.78 is 176. The van der Waals surface area contributed by atoms with Crippen molar-refractivity contribution >= 4 is 51.3 Å². The Morgan fingerprint density at radius 3 is 1.31 bits per heavy atom. The number of fused-ring (bicyclic) bond motifs is 6. The lowest BCUT2D eigenvalue weighted by molar-refractivity contribution is -0.275. The minimum atomic E-state index is -4.85. The molecule has 0 radical (unpaired) electrons. The van der Waals surface area contributed by atoms with E-state index in [2.05, 4.69) is 24.5 Å². The first-order chi connectivity index (χ1) is 45.2. The van der Waals surface area contributed by atoms with Crippen molar-refractivity contribution < 1.29 is 80.6 Å². The van der Waals surface area contributed by atoms with E-state index < -0.39 is 31.8 Å². The molecule has 4 atom stereocenters. The molecule has 2 aromatic heterocycles. The molecule has 6 aromatic carbocycles. The van der Waals surface area contributed by atoms with Crippen LogP contribution in [0.5, 0.6) is 23.0 Å². The molecule has 14 rings (SSSR count). The topological polar surface area (TPSA) is 214 Å². The number of ether oxygens (including phenoxy) is 6. The summed E-state index contributed by atoms with van der Waals surface area (Å²) in [5.41, 5.74) is 8.76. The van der Waals surface area contributed by atoms with Crippen molar-refractivity contribution in [3.63, 3.8) is 0 Å². The third-order valence-electron chi connectivity index (χ3n) is 18.6. The van der Waals surface area contributed by atoms with Gasteiger partial charge in [0.2, 0.25) is 10.0 Å². The SMILES string of the molecule is CC(C)Oc1ccc(S(=O)(=O)Cl)c2ccccc12.CC(C)Oc1ccc(S(=O)(=O)NC2C3CCC2CC(OCc2c(-c4ccccc4OC(F)(F)F)noc2C2CC2)C3)c2ccccc12.NC1C2CCC1CC(OCc1c(-c3ccccc3OC(F)(F)F)noc1C1CC1)C2. The number of alkyl halides is 6. The lowest BCUT2D eigenvalue weighted by Crippen LogP contribution is -2.46. The van der Waals surface area contributed by atoms with Gasteiger partial charge in [0.1, 0.15) is 45.9 Å². The molecular formula is C70H75ClF6N4O12S2. The first kappa shape index (κ1) is 68.0. The summed E-state index contributed by atoms with van der Waals surface area (Å²) in [5, 5.41) is 11.0. The molecule has 6 saturated carbocycles. The maximum Gasteiger partial charge on any atom is 0.573 e. The molecule has 2 heterocycles. The highest BCUT2D eigenvalue weighted by Gasteiger charge is 2.47. The van der Waals surface area contributed by atoms with E-state index in [9.17, 15) is 43.2 Å². The van der Waals surface area contributed by atoms with Gasteiger partial charge in [0.05, 0.1) is 47.4 Å². The number of rotatable bonds is 20. The van der Waals surface area contributed by atoms with E-state index in [0.717, 1.165) is 86.3 Å². The van der Waals surface area contributed by atoms with Gasteiger partial charge in [0.25, 0.3) is 9.05 Å². The number of sulfonamides is 1. The zero-order chi connectivity index (χ0) is 67.1.